The molecule has 30 heteroatoms. The van der Waals surface area contributed by atoms with Crippen molar-refractivity contribution in [3.05, 3.63) is 227 Å². The van der Waals surface area contributed by atoms with Gasteiger partial charge in [-0.2, -0.15) is 46.7 Å². The van der Waals surface area contributed by atoms with Gasteiger partial charge in [0.05, 0.1) is 64.5 Å². The molecule has 0 atom stereocenters. The van der Waals surface area contributed by atoms with Gasteiger partial charge >= 0.3 is 73.8 Å². The van der Waals surface area contributed by atoms with Gasteiger partial charge in [-0.15, -0.1) is 0 Å². The van der Waals surface area contributed by atoms with Crippen LogP contribution in [0.3, 0.4) is 0 Å². The average Bonchev–Trinajstić information content (AvgIpc) is 1.58. The Hall–Kier alpha value is -3.57. The van der Waals surface area contributed by atoms with E-state index >= 15 is 0 Å². The van der Waals surface area contributed by atoms with E-state index < -0.39 is 43.5 Å². The van der Waals surface area contributed by atoms with E-state index in [1.54, 1.807) is 27.8 Å². The zero-order valence-electron chi connectivity index (χ0n) is 67.4. The number of hydrogen-bond acceptors (Lipinski definition) is 6. The molecule has 5 N–H and O–H groups in total. The molecular weight excluding hydrogens is 2330 g/mol. The molecule has 0 aliphatic heterocycles. The molecule has 11 rings (SSSR count). The number of carbonyl (C=O) groups is 2. The summed E-state index contributed by atoms with van der Waals surface area (Å²) in [5.74, 6) is 0. The maximum atomic E-state index is 13.2. The van der Waals surface area contributed by atoms with Crippen molar-refractivity contribution in [2.75, 3.05) is 5.32 Å². The molecule has 0 spiro atoms. The standard InChI is InChI=1S/C32H35N4P.C23H27F3N4O.C15H21F3N2O.C8H7ClN2.C2H3I3.C2H4I2.C2H6.2HI.V/c1-31(2,3)37(32(4,5)6)27-22-23-33-36(27)30-28(24-16-10-7-11-17-24)34-35(26-20-14-9-15-21-26)29(30)25-18-12-8-13-19-25;1-22(2,3)11-10-15-12-17(23(24,25)26)9-8-16(15)13-27-21(31)29-19-6-5-7-20-18(19)14-28-30(20)4;1-14(2,3)7-6-10-8-12(15(16,17)18)5-4-11(10)9-20-13(19)21;1-11-8-4-2-3-7(9)6(8)5-10-11;1-2(3,4)5;1-2(3)4;1-2;;;/h7-23H,1-6H3;5-9,12,14H,10-11,13H2,1-4H3,(H2,27,29,31);4-5,8H,6-7,9H2,1-3H3,(H3,19,20,21);2-5H,1H3;1H3;2H,1H3;1-2H3;2*1H;/q;;;;;;;;;+2/p-2. The summed E-state index contributed by atoms with van der Waals surface area (Å²) in [5.41, 5.74) is 16.2. The van der Waals surface area contributed by atoms with Crippen molar-refractivity contribution >= 4 is 217 Å². The monoisotopic (exact) mass is 2430 g/mol. The van der Waals surface area contributed by atoms with Gasteiger partial charge in [-0.25, -0.2) is 19.0 Å². The Morgan fingerprint density at radius 3 is 1.39 bits per heavy atom. The SMILES string of the molecule is CC.CC(C)(C)CCc1cc(C(F)(F)F)ccc1CNC(N)=O.CC(C)(C)P(c1ccnn1-c1c(-c2ccccc2)nn(-c2ccccc2)c1-c1ccccc1)C(C)(C)C.CC(I)(I)I.CC(I)I.Cn1ncc2c(Cl)cccc21.Cn1ncc2c(NC(=O)NCc3ccc(C(F)(F)F)cc3CCC(C)(C)C)cccc21.[I][V][I]. The molecule has 0 saturated heterocycles. The molecule has 0 saturated carbocycles. The third-order valence-corrected chi connectivity index (χ3v) is 20.2. The summed E-state index contributed by atoms with van der Waals surface area (Å²) in [4.78, 5) is 23.2. The summed E-state index contributed by atoms with van der Waals surface area (Å²) < 4.78 is 86.9. The normalized spacial score (nSPS) is 11.6. The second kappa shape index (κ2) is 47.6. The number of aromatic nitrogens is 8. The van der Waals surface area contributed by atoms with Crippen LogP contribution in [0.15, 0.2) is 188 Å². The van der Waals surface area contributed by atoms with Crippen LogP contribution in [0.1, 0.15) is 157 Å². The first-order valence-corrected chi connectivity index (χ1v) is 52.8. The number of nitrogens with zero attached hydrogens (tertiary/aromatic N) is 8. The molecule has 0 bridgehead atoms. The minimum absolute atomic E-state index is 0.0152. The first-order chi connectivity index (χ1) is 53.0. The fourth-order valence-electron chi connectivity index (χ4n) is 11.7. The third kappa shape index (κ3) is 35.2. The molecule has 4 amide bonds. The number of rotatable bonds is 14. The predicted octanol–water partition coefficient (Wildman–Crippen LogP) is 28.0. The number of nitrogens with two attached hydrogens (primary N) is 1. The zero-order valence-corrected chi connectivity index (χ0v) is 85.5. The number of carbonyl (C=O) groups excluding carboxylic acids is 2. The van der Waals surface area contributed by atoms with Crippen molar-refractivity contribution in [1.82, 2.24) is 49.8 Å². The molecule has 0 aliphatic rings. The van der Waals surface area contributed by atoms with Crippen LogP contribution in [0.4, 0.5) is 41.6 Å². The Morgan fingerprint density at radius 2 is 0.965 bits per heavy atom. The van der Waals surface area contributed by atoms with Crippen molar-refractivity contribution < 1.29 is 45.4 Å². The van der Waals surface area contributed by atoms with Crippen LogP contribution in [0.25, 0.3) is 55.7 Å². The van der Waals surface area contributed by atoms with E-state index in [4.69, 9.17) is 27.5 Å². The molecule has 619 valence electrons. The van der Waals surface area contributed by atoms with Gasteiger partial charge in [-0.1, -0.05) is 325 Å². The van der Waals surface area contributed by atoms with Crippen molar-refractivity contribution in [2.24, 2.45) is 30.7 Å². The zero-order chi connectivity index (χ0) is 85.9. The maximum absolute atomic E-state index is 13.2. The Labute approximate surface area is 773 Å². The fraction of sp³-hybridized carbons (Fsp3) is 0.381. The van der Waals surface area contributed by atoms with Gasteiger partial charge in [-0.3, -0.25) is 9.36 Å². The van der Waals surface area contributed by atoms with Gasteiger partial charge in [0.25, 0.3) is 0 Å². The Morgan fingerprint density at radius 1 is 0.553 bits per heavy atom. The van der Waals surface area contributed by atoms with Crippen LogP contribution in [-0.2, 0) is 61.8 Å². The summed E-state index contributed by atoms with van der Waals surface area (Å²) >= 11 is 22.4. The van der Waals surface area contributed by atoms with Crippen molar-refractivity contribution in [1.29, 1.82) is 0 Å². The molecule has 0 aliphatic carbocycles. The van der Waals surface area contributed by atoms with Gasteiger partial charge in [0.1, 0.15) is 16.5 Å². The number of benzene rings is 7. The topological polar surface area (TPSA) is 168 Å². The van der Waals surface area contributed by atoms with E-state index in [9.17, 15) is 35.9 Å². The quantitative estimate of drug-likeness (QED) is 0.0366. The van der Waals surface area contributed by atoms with Crippen LogP contribution < -0.4 is 27.1 Å². The van der Waals surface area contributed by atoms with Crippen LogP contribution in [-0.4, -0.2) is 62.9 Å². The van der Waals surface area contributed by atoms with Gasteiger partial charge in [-0.05, 0) is 158 Å². The summed E-state index contributed by atoms with van der Waals surface area (Å²) in [6.07, 6.45) is -0.873. The van der Waals surface area contributed by atoms with E-state index in [0.717, 1.165) is 93.7 Å². The first kappa shape index (κ1) is 103. The van der Waals surface area contributed by atoms with E-state index in [-0.39, 0.29) is 34.2 Å². The van der Waals surface area contributed by atoms with Crippen LogP contribution in [0.2, 0.25) is 5.02 Å². The Balaban J connectivity index is 0.000000319. The van der Waals surface area contributed by atoms with Crippen LogP contribution in [0.5, 0.6) is 0 Å². The van der Waals surface area contributed by atoms with Crippen LogP contribution in [0, 0.1) is 10.8 Å². The van der Waals surface area contributed by atoms with Crippen LogP contribution >= 0.6 is 172 Å². The van der Waals surface area contributed by atoms with E-state index in [2.05, 4.69) is 329 Å². The average molecular weight is 2430 g/mol. The number of para-hydroxylation sites is 1. The molecule has 7 aromatic carbocycles. The summed E-state index contributed by atoms with van der Waals surface area (Å²) in [6, 6.07) is 51.0. The predicted molar refractivity (Wildman–Crippen MR) is 522 cm³/mol. The molecule has 11 aromatic rings. The number of hydrogen-bond donors (Lipinski definition) is 4. The third-order valence-electron chi connectivity index (χ3n) is 16.4. The molecule has 0 radical (unpaired) electrons. The number of alkyl halides is 11. The number of urea groups is 2. The fourth-order valence-corrected chi connectivity index (χ4v) is 15.9. The van der Waals surface area contributed by atoms with E-state index in [1.165, 1.54) is 23.6 Å². The molecule has 4 heterocycles. The van der Waals surface area contributed by atoms with Crippen molar-refractivity contribution in [3.63, 3.8) is 0 Å². The minimum atomic E-state index is -4.40. The van der Waals surface area contributed by atoms with Crippen molar-refractivity contribution in [3.8, 4) is 33.9 Å². The number of primary amides is 1. The number of fused-ring (bicyclic) bond motifs is 2. The van der Waals surface area contributed by atoms with Gasteiger partial charge < -0.3 is 21.7 Å². The molecular formula is C84H103ClF6I7N12O2PV. The van der Waals surface area contributed by atoms with Gasteiger partial charge in [0.15, 0.2) is 0 Å². The summed E-state index contributed by atoms with van der Waals surface area (Å²) in [7, 11) is 3.75. The number of halogens is 14. The van der Waals surface area contributed by atoms with Gasteiger partial charge in [0.2, 0.25) is 0 Å². The van der Waals surface area contributed by atoms with Crippen molar-refractivity contribution in [2.45, 2.75) is 174 Å². The summed E-state index contributed by atoms with van der Waals surface area (Å²) in [6.45, 7) is 34.9. The van der Waals surface area contributed by atoms with E-state index in [0.29, 0.717) is 49.7 Å². The second-order valence-corrected chi connectivity index (χ2v) is 65.0. The summed E-state index contributed by atoms with van der Waals surface area (Å²) in [5, 5.41) is 29.3. The van der Waals surface area contributed by atoms with Gasteiger partial charge in [0, 0.05) is 49.1 Å². The first-order valence-electron chi connectivity index (χ1n) is 36.4. The number of anilines is 1. The molecule has 114 heavy (non-hydrogen) atoms. The van der Waals surface area contributed by atoms with E-state index in [1.807, 2.05) is 118 Å². The second-order valence-electron chi connectivity index (χ2n) is 30.2. The Bertz CT molecular complexity index is 4740. The molecule has 0 unspecified atom stereocenters. The number of aryl methyl sites for hydroxylation is 4. The number of amides is 4. The molecule has 14 nitrogen and oxygen atoms in total. The number of nitrogens with one attached hydrogen (secondary N) is 3. The molecule has 4 aromatic heterocycles. The Kier molecular flexibility index (Phi) is 42.9. The molecule has 0 fully saturated rings.